The smallest absolute Gasteiger partial charge is 0.231 e. The topological polar surface area (TPSA) is 43.9 Å². The lowest BCUT2D eigenvalue weighted by Crippen LogP contribution is -1.96. The molecule has 0 saturated heterocycles. The van der Waals surface area contributed by atoms with E-state index in [0.717, 1.165) is 38.9 Å². The number of thiophene rings is 1. The van der Waals surface area contributed by atoms with Crippen molar-refractivity contribution in [1.82, 2.24) is 14.5 Å². The summed E-state index contributed by atoms with van der Waals surface area (Å²) in [6.07, 6.45) is 0. The predicted molar refractivity (Wildman–Crippen MR) is 222 cm³/mol. The lowest BCUT2D eigenvalue weighted by atomic mass is 10.0. The molecule has 0 unspecified atom stereocenters. The summed E-state index contributed by atoms with van der Waals surface area (Å²) in [6, 6.07) is 58.5. The molecule has 0 aliphatic carbocycles. The Hall–Kier alpha value is -6.82. The van der Waals surface area contributed by atoms with Gasteiger partial charge >= 0.3 is 0 Å². The van der Waals surface area contributed by atoms with Gasteiger partial charge in [0.05, 0.1) is 22.1 Å². The Labute approximate surface area is 306 Å². The first-order chi connectivity index (χ1) is 26.3. The van der Waals surface area contributed by atoms with E-state index in [-0.39, 0.29) is 0 Å². The van der Waals surface area contributed by atoms with Crippen molar-refractivity contribution in [2.45, 2.75) is 0 Å². The second-order valence-electron chi connectivity index (χ2n) is 13.7. The molecule has 0 amide bonds. The van der Waals surface area contributed by atoms with Crippen LogP contribution in [-0.2, 0) is 0 Å². The molecule has 4 aromatic heterocycles. The molecular formula is C48H27N3OS. The minimum atomic E-state index is 0.590. The van der Waals surface area contributed by atoms with Gasteiger partial charge in [-0.2, -0.15) is 4.98 Å². The van der Waals surface area contributed by atoms with Crippen LogP contribution in [0.2, 0.25) is 0 Å². The Morgan fingerprint density at radius 2 is 1.23 bits per heavy atom. The fourth-order valence-corrected chi connectivity index (χ4v) is 9.59. The molecule has 246 valence electrons. The van der Waals surface area contributed by atoms with Crippen LogP contribution in [0.5, 0.6) is 0 Å². The third-order valence-electron chi connectivity index (χ3n) is 10.8. The number of para-hydroxylation sites is 1. The molecular weight excluding hydrogens is 667 g/mol. The molecule has 0 aliphatic heterocycles. The maximum absolute atomic E-state index is 6.33. The molecule has 12 aromatic rings. The molecule has 12 rings (SSSR count). The average Bonchev–Trinajstić information content (AvgIpc) is 3.90. The number of rotatable bonds is 3. The van der Waals surface area contributed by atoms with Gasteiger partial charge in [0.25, 0.3) is 0 Å². The van der Waals surface area contributed by atoms with Crippen molar-refractivity contribution >= 4 is 96.9 Å². The first-order valence-corrected chi connectivity index (χ1v) is 18.6. The van der Waals surface area contributed by atoms with Crippen LogP contribution in [0.15, 0.2) is 168 Å². The third kappa shape index (κ3) is 4.17. The molecule has 0 N–H and O–H groups in total. The van der Waals surface area contributed by atoms with Crippen LogP contribution < -0.4 is 0 Å². The first-order valence-electron chi connectivity index (χ1n) is 17.8. The molecule has 0 radical (unpaired) electrons. The molecule has 4 heterocycles. The number of aromatic nitrogens is 3. The van der Waals surface area contributed by atoms with Gasteiger partial charge < -0.3 is 8.98 Å². The number of hydrogen-bond donors (Lipinski definition) is 0. The van der Waals surface area contributed by atoms with Crippen LogP contribution in [0.4, 0.5) is 0 Å². The van der Waals surface area contributed by atoms with Gasteiger partial charge in [0.2, 0.25) is 5.71 Å². The quantitative estimate of drug-likeness (QED) is 0.185. The van der Waals surface area contributed by atoms with E-state index in [1.807, 2.05) is 47.7 Å². The van der Waals surface area contributed by atoms with Gasteiger partial charge in [0, 0.05) is 63.9 Å². The molecule has 0 spiro atoms. The van der Waals surface area contributed by atoms with Crippen molar-refractivity contribution in [3.63, 3.8) is 0 Å². The molecule has 0 saturated carbocycles. The standard InChI is InChI=1S/C48H27N3OS/c1-2-11-29(12-3-1)44-43-37-15-6-8-16-41(37)52-48(43)50-47(49-44)30-18-22-32(23-19-30)51-40-27-38-31(21-25-36-34-14-7-9-17-42(34)53-46(36)38)26-39(40)35-24-20-28-10-4-5-13-33(28)45(35)51/h1-27H. The second kappa shape index (κ2) is 10.8. The van der Waals surface area contributed by atoms with Crippen molar-refractivity contribution in [2.75, 3.05) is 0 Å². The largest absolute Gasteiger partial charge is 0.438 e. The average molecular weight is 694 g/mol. The monoisotopic (exact) mass is 693 g/mol. The number of hydrogen-bond acceptors (Lipinski definition) is 4. The van der Waals surface area contributed by atoms with Crippen LogP contribution in [0.25, 0.3) is 114 Å². The Kier molecular flexibility index (Phi) is 5.90. The summed E-state index contributed by atoms with van der Waals surface area (Å²) in [5, 5.41) is 12.0. The van der Waals surface area contributed by atoms with E-state index >= 15 is 0 Å². The van der Waals surface area contributed by atoms with Crippen LogP contribution in [0.3, 0.4) is 0 Å². The molecule has 5 heteroatoms. The molecule has 0 atom stereocenters. The van der Waals surface area contributed by atoms with Crippen molar-refractivity contribution in [2.24, 2.45) is 0 Å². The van der Waals surface area contributed by atoms with Gasteiger partial charge in [-0.3, -0.25) is 0 Å². The Balaban J connectivity index is 1.10. The van der Waals surface area contributed by atoms with Crippen molar-refractivity contribution in [1.29, 1.82) is 0 Å². The van der Waals surface area contributed by atoms with Gasteiger partial charge in [-0.05, 0) is 59.3 Å². The van der Waals surface area contributed by atoms with E-state index in [9.17, 15) is 0 Å². The first kappa shape index (κ1) is 28.8. The summed E-state index contributed by atoms with van der Waals surface area (Å²) >= 11 is 1.88. The SMILES string of the molecule is c1ccc(-c2nc(-c3ccc(-n4c5cc6c(ccc7c8ccccc8sc67)cc5c5ccc6ccccc6c54)cc3)nc3oc4ccccc4c23)cc1. The summed E-state index contributed by atoms with van der Waals surface area (Å²) < 4.78 is 11.4. The highest BCUT2D eigenvalue weighted by Gasteiger charge is 2.20. The predicted octanol–water partition coefficient (Wildman–Crippen LogP) is 13.5. The van der Waals surface area contributed by atoms with Crippen molar-refractivity contribution in [3.8, 4) is 28.3 Å². The fraction of sp³-hybridized carbons (Fsp3) is 0. The molecule has 0 aliphatic rings. The van der Waals surface area contributed by atoms with E-state index in [0.29, 0.717) is 11.5 Å². The van der Waals surface area contributed by atoms with E-state index < -0.39 is 0 Å². The number of fused-ring (bicyclic) bond motifs is 13. The lowest BCUT2D eigenvalue weighted by molar-refractivity contribution is 0.653. The van der Waals surface area contributed by atoms with Crippen LogP contribution in [0.1, 0.15) is 0 Å². The van der Waals surface area contributed by atoms with Crippen LogP contribution >= 0.6 is 11.3 Å². The number of nitrogens with zero attached hydrogens (tertiary/aromatic N) is 3. The molecule has 4 nitrogen and oxygen atoms in total. The Morgan fingerprint density at radius 1 is 0.491 bits per heavy atom. The van der Waals surface area contributed by atoms with Gasteiger partial charge in [-0.15, -0.1) is 11.3 Å². The van der Waals surface area contributed by atoms with Crippen molar-refractivity contribution in [3.05, 3.63) is 164 Å². The molecule has 8 aromatic carbocycles. The second-order valence-corrected chi connectivity index (χ2v) is 14.8. The summed E-state index contributed by atoms with van der Waals surface area (Å²) in [7, 11) is 0. The Morgan fingerprint density at radius 3 is 2.11 bits per heavy atom. The van der Waals surface area contributed by atoms with E-state index in [4.69, 9.17) is 14.4 Å². The third-order valence-corrected chi connectivity index (χ3v) is 12.0. The molecule has 0 fully saturated rings. The lowest BCUT2D eigenvalue weighted by Gasteiger charge is -2.12. The van der Waals surface area contributed by atoms with E-state index in [2.05, 4.69) is 132 Å². The number of furan rings is 1. The fourth-order valence-electron chi connectivity index (χ4n) is 8.36. The summed E-state index contributed by atoms with van der Waals surface area (Å²) in [5.74, 6) is 0.632. The highest BCUT2D eigenvalue weighted by Crippen LogP contribution is 2.43. The highest BCUT2D eigenvalue weighted by atomic mass is 32.1. The molecule has 53 heavy (non-hydrogen) atoms. The van der Waals surface area contributed by atoms with Gasteiger partial charge in [0.15, 0.2) is 5.82 Å². The zero-order valence-corrected chi connectivity index (χ0v) is 29.1. The summed E-state index contributed by atoms with van der Waals surface area (Å²) in [6.45, 7) is 0. The number of benzene rings is 8. The normalized spacial score (nSPS) is 12.2. The van der Waals surface area contributed by atoms with Crippen LogP contribution in [0, 0.1) is 0 Å². The minimum absolute atomic E-state index is 0.590. The van der Waals surface area contributed by atoms with Gasteiger partial charge in [0.1, 0.15) is 5.58 Å². The highest BCUT2D eigenvalue weighted by molar-refractivity contribution is 7.26. The Bertz CT molecular complexity index is 3450. The van der Waals surface area contributed by atoms with E-state index in [1.165, 1.54) is 63.5 Å². The molecule has 0 bridgehead atoms. The van der Waals surface area contributed by atoms with Gasteiger partial charge in [-0.1, -0.05) is 115 Å². The van der Waals surface area contributed by atoms with Crippen LogP contribution in [-0.4, -0.2) is 14.5 Å². The van der Waals surface area contributed by atoms with Crippen molar-refractivity contribution < 1.29 is 4.42 Å². The zero-order chi connectivity index (χ0) is 34.6. The maximum Gasteiger partial charge on any atom is 0.231 e. The summed E-state index contributed by atoms with van der Waals surface area (Å²) in [4.78, 5) is 10.2. The van der Waals surface area contributed by atoms with Gasteiger partial charge in [-0.25, -0.2) is 4.98 Å². The van der Waals surface area contributed by atoms with E-state index in [1.54, 1.807) is 0 Å². The maximum atomic E-state index is 6.33. The summed E-state index contributed by atoms with van der Waals surface area (Å²) in [5.41, 5.74) is 7.70. The minimum Gasteiger partial charge on any atom is -0.438 e. The zero-order valence-electron chi connectivity index (χ0n) is 28.2.